The average molecular weight is 498 g/mol. The van der Waals surface area contributed by atoms with E-state index in [1.165, 1.54) is 0 Å². The first-order chi connectivity index (χ1) is 17.0. The zero-order valence-electron chi connectivity index (χ0n) is 21.9. The van der Waals surface area contributed by atoms with Crippen LogP contribution in [0.1, 0.15) is 57.8 Å². The normalized spacial score (nSPS) is 15.7. The molecule has 1 N–H and O–H groups in total. The minimum absolute atomic E-state index is 0.405. The number of hydrogen-bond donors (Lipinski definition) is 1. The second-order valence-electron chi connectivity index (χ2n) is 10.6. The Morgan fingerprint density at radius 2 is 1.53 bits per heavy atom. The minimum atomic E-state index is -0.829. The number of aromatic nitrogens is 4. The number of alkyl carbamates (subject to hydrolysis) is 1. The summed E-state index contributed by atoms with van der Waals surface area (Å²) >= 11 is 0. The largest absolute Gasteiger partial charge is 0.444 e. The Morgan fingerprint density at radius 3 is 2.14 bits per heavy atom. The van der Waals surface area contributed by atoms with Gasteiger partial charge in [-0.2, -0.15) is 9.97 Å². The number of nitrogens with zero attached hydrogens (tertiary/aromatic N) is 6. The Morgan fingerprint density at radius 1 is 0.944 bits per heavy atom. The summed E-state index contributed by atoms with van der Waals surface area (Å²) in [5.74, 6) is 2.15. The molecule has 4 rings (SSSR count). The minimum Gasteiger partial charge on any atom is -0.444 e. The van der Waals surface area contributed by atoms with Gasteiger partial charge in [-0.05, 0) is 47.1 Å². The van der Waals surface area contributed by atoms with Crippen molar-refractivity contribution in [2.24, 2.45) is 0 Å². The van der Waals surface area contributed by atoms with E-state index in [9.17, 15) is 4.79 Å². The lowest BCUT2D eigenvalue weighted by molar-refractivity contribution is 0.0465. The van der Waals surface area contributed by atoms with Crippen molar-refractivity contribution in [1.82, 2.24) is 35.4 Å². The van der Waals surface area contributed by atoms with Crippen LogP contribution >= 0.6 is 0 Å². The van der Waals surface area contributed by atoms with Crippen molar-refractivity contribution in [3.05, 3.63) is 47.4 Å². The van der Waals surface area contributed by atoms with Gasteiger partial charge in [0, 0.05) is 31.7 Å². The maximum atomic E-state index is 12.2. The number of carbonyl (C=O) groups excluding carboxylic acids is 1. The Hall–Kier alpha value is -3.31. The predicted molar refractivity (Wildman–Crippen MR) is 132 cm³/mol. The molecule has 0 spiro atoms. The van der Waals surface area contributed by atoms with Gasteiger partial charge in [-0.25, -0.2) is 4.79 Å². The van der Waals surface area contributed by atoms with E-state index < -0.39 is 17.2 Å². The van der Waals surface area contributed by atoms with Crippen LogP contribution in [0.3, 0.4) is 0 Å². The van der Waals surface area contributed by atoms with Crippen LogP contribution in [0.15, 0.2) is 33.3 Å². The molecule has 11 heteroatoms. The highest BCUT2D eigenvalue weighted by Gasteiger charge is 2.31. The van der Waals surface area contributed by atoms with Crippen molar-refractivity contribution in [2.45, 2.75) is 65.8 Å². The first-order valence-corrected chi connectivity index (χ1v) is 12.2. The zero-order chi connectivity index (χ0) is 25.9. The number of piperazine rings is 1. The number of rotatable bonds is 7. The molecule has 0 aliphatic carbocycles. The third-order valence-electron chi connectivity index (χ3n) is 5.88. The Kier molecular flexibility index (Phi) is 7.41. The van der Waals surface area contributed by atoms with Crippen LogP contribution in [0.5, 0.6) is 0 Å². The molecule has 1 amide bonds. The van der Waals surface area contributed by atoms with Crippen molar-refractivity contribution in [3.63, 3.8) is 0 Å². The Labute approximate surface area is 211 Å². The maximum Gasteiger partial charge on any atom is 0.408 e. The summed E-state index contributed by atoms with van der Waals surface area (Å²) in [6.07, 6.45) is -0.526. The number of carbonyl (C=O) groups is 1. The molecule has 1 aliphatic rings. The molecule has 0 bridgehead atoms. The number of amides is 1. The van der Waals surface area contributed by atoms with Gasteiger partial charge in [-0.1, -0.05) is 34.6 Å². The highest BCUT2D eigenvalue weighted by Crippen LogP contribution is 2.21. The fourth-order valence-corrected chi connectivity index (χ4v) is 3.93. The summed E-state index contributed by atoms with van der Waals surface area (Å²) in [6.45, 7) is 15.7. The fourth-order valence-electron chi connectivity index (χ4n) is 3.93. The van der Waals surface area contributed by atoms with Gasteiger partial charge in [0.1, 0.15) is 11.1 Å². The van der Waals surface area contributed by atoms with Crippen LogP contribution in [0.25, 0.3) is 11.4 Å². The average Bonchev–Trinajstić information content (AvgIpc) is 3.44. The number of hydrogen-bond acceptors (Lipinski definition) is 10. The SMILES string of the molecule is Cc1ccccc1-c1noc(CN2CCN(Cc3nc(C(C)(C)NC(=O)OC(C)(C)C)no3)CC2)n1. The van der Waals surface area contributed by atoms with E-state index >= 15 is 0 Å². The Balaban J connectivity index is 1.26. The van der Waals surface area contributed by atoms with Crippen molar-refractivity contribution in [1.29, 1.82) is 0 Å². The summed E-state index contributed by atoms with van der Waals surface area (Å²) in [4.78, 5) is 25.8. The van der Waals surface area contributed by atoms with E-state index in [4.69, 9.17) is 13.8 Å². The predicted octanol–water partition coefficient (Wildman–Crippen LogP) is 3.51. The van der Waals surface area contributed by atoms with Gasteiger partial charge < -0.3 is 19.1 Å². The van der Waals surface area contributed by atoms with E-state index in [1.807, 2.05) is 65.8 Å². The van der Waals surface area contributed by atoms with E-state index in [-0.39, 0.29) is 0 Å². The zero-order valence-corrected chi connectivity index (χ0v) is 21.9. The van der Waals surface area contributed by atoms with Gasteiger partial charge >= 0.3 is 6.09 Å². The topological polar surface area (TPSA) is 123 Å². The van der Waals surface area contributed by atoms with Crippen LogP contribution in [0.2, 0.25) is 0 Å². The summed E-state index contributed by atoms with van der Waals surface area (Å²) in [5, 5.41) is 11.0. The highest BCUT2D eigenvalue weighted by molar-refractivity contribution is 5.68. The smallest absolute Gasteiger partial charge is 0.408 e. The first-order valence-electron chi connectivity index (χ1n) is 12.2. The fraction of sp³-hybridized carbons (Fsp3) is 0.560. The molecule has 194 valence electrons. The molecule has 36 heavy (non-hydrogen) atoms. The monoisotopic (exact) mass is 497 g/mol. The second-order valence-corrected chi connectivity index (χ2v) is 10.6. The van der Waals surface area contributed by atoms with Crippen LogP contribution < -0.4 is 5.32 Å². The standard InChI is InChI=1S/C25H35N7O4/c1-17-9-7-8-10-18(17)21-26-19(35-29-21)15-31-11-13-32(14-12-31)16-20-27-22(30-36-20)25(5,6)28-23(33)34-24(2,3)4/h7-10H,11-16H2,1-6H3,(H,28,33). The second kappa shape index (κ2) is 10.4. The van der Waals surface area contributed by atoms with E-state index in [0.717, 1.165) is 37.3 Å². The van der Waals surface area contributed by atoms with E-state index in [1.54, 1.807) is 0 Å². The summed E-state index contributed by atoms with van der Waals surface area (Å²) in [6, 6.07) is 8.01. The lowest BCUT2D eigenvalue weighted by atomic mass is 10.1. The highest BCUT2D eigenvalue weighted by atomic mass is 16.6. The maximum absolute atomic E-state index is 12.2. The number of benzene rings is 1. The van der Waals surface area contributed by atoms with Crippen LogP contribution in [-0.2, 0) is 23.4 Å². The molecule has 0 saturated carbocycles. The molecule has 1 aromatic carbocycles. The van der Waals surface area contributed by atoms with Gasteiger partial charge in [0.2, 0.25) is 17.6 Å². The summed E-state index contributed by atoms with van der Waals surface area (Å²) in [5.41, 5.74) is 0.689. The molecular weight excluding hydrogens is 462 g/mol. The lowest BCUT2D eigenvalue weighted by Gasteiger charge is -2.32. The van der Waals surface area contributed by atoms with Crippen LogP contribution in [0, 0.1) is 6.92 Å². The molecule has 0 radical (unpaired) electrons. The van der Waals surface area contributed by atoms with Crippen molar-refractivity contribution < 1.29 is 18.6 Å². The molecule has 3 aromatic rings. The van der Waals surface area contributed by atoms with Crippen molar-refractivity contribution in [2.75, 3.05) is 26.2 Å². The van der Waals surface area contributed by atoms with Gasteiger partial charge in [0.15, 0.2) is 5.82 Å². The van der Waals surface area contributed by atoms with E-state index in [0.29, 0.717) is 36.5 Å². The molecule has 2 aromatic heterocycles. The van der Waals surface area contributed by atoms with Crippen LogP contribution in [-0.4, -0.2) is 68.0 Å². The number of nitrogens with one attached hydrogen (secondary N) is 1. The third-order valence-corrected chi connectivity index (χ3v) is 5.88. The van der Waals surface area contributed by atoms with Crippen LogP contribution in [0.4, 0.5) is 4.79 Å². The molecule has 1 aliphatic heterocycles. The molecule has 1 fully saturated rings. The van der Waals surface area contributed by atoms with E-state index in [2.05, 4.69) is 35.4 Å². The third kappa shape index (κ3) is 6.67. The molecule has 0 unspecified atom stereocenters. The summed E-state index contributed by atoms with van der Waals surface area (Å²) in [7, 11) is 0. The molecular formula is C25H35N7O4. The van der Waals surface area contributed by atoms with Crippen molar-refractivity contribution >= 4 is 6.09 Å². The summed E-state index contributed by atoms with van der Waals surface area (Å²) < 4.78 is 16.3. The lowest BCUT2D eigenvalue weighted by Crippen LogP contribution is -2.45. The Bertz CT molecular complexity index is 1170. The molecule has 11 nitrogen and oxygen atoms in total. The van der Waals surface area contributed by atoms with Gasteiger partial charge in [-0.3, -0.25) is 9.80 Å². The quantitative estimate of drug-likeness (QED) is 0.519. The molecule has 0 atom stereocenters. The number of aryl methyl sites for hydroxylation is 1. The first kappa shape index (κ1) is 25.8. The van der Waals surface area contributed by atoms with Gasteiger partial charge in [0.05, 0.1) is 13.1 Å². The molecule has 1 saturated heterocycles. The number of ether oxygens (including phenoxy) is 1. The molecule has 3 heterocycles. The van der Waals surface area contributed by atoms with Crippen molar-refractivity contribution in [3.8, 4) is 11.4 Å². The van der Waals surface area contributed by atoms with Gasteiger partial charge in [0.25, 0.3) is 0 Å². The van der Waals surface area contributed by atoms with Gasteiger partial charge in [-0.15, -0.1) is 0 Å².